The molecule has 0 unspecified atom stereocenters. The summed E-state index contributed by atoms with van der Waals surface area (Å²) in [7, 11) is 1.60. The number of hydrogen-bond acceptors (Lipinski definition) is 4. The largest absolute Gasteiger partial charge is 0.383 e. The Bertz CT molecular complexity index is 612. The Morgan fingerprint density at radius 1 is 1.23 bits per heavy atom. The molecule has 5 heteroatoms. The predicted octanol–water partition coefficient (Wildman–Crippen LogP) is 2.38. The van der Waals surface area contributed by atoms with Crippen molar-refractivity contribution in [1.82, 2.24) is 10.3 Å². The molecule has 1 heterocycles. The predicted molar refractivity (Wildman–Crippen MR) is 87.0 cm³/mol. The fraction of sp³-hybridized carbons (Fsp3) is 0.294. The molecular formula is C17H21N3O2. The van der Waals surface area contributed by atoms with Crippen LogP contribution in [0, 0.1) is 6.92 Å². The number of hydrogen-bond donors (Lipinski definition) is 2. The van der Waals surface area contributed by atoms with Crippen LogP contribution in [0.4, 0.5) is 5.69 Å². The zero-order chi connectivity index (χ0) is 15.8. The van der Waals surface area contributed by atoms with Crippen LogP contribution in [0.5, 0.6) is 0 Å². The molecule has 0 bridgehead atoms. The van der Waals surface area contributed by atoms with E-state index in [1.54, 1.807) is 25.6 Å². The van der Waals surface area contributed by atoms with Crippen molar-refractivity contribution in [2.75, 3.05) is 25.6 Å². The van der Waals surface area contributed by atoms with Gasteiger partial charge in [0.1, 0.15) is 0 Å². The molecule has 5 nitrogen and oxygen atoms in total. The fourth-order valence-electron chi connectivity index (χ4n) is 1.94. The highest BCUT2D eigenvalue weighted by Crippen LogP contribution is 2.11. The molecule has 2 aromatic rings. The van der Waals surface area contributed by atoms with Gasteiger partial charge >= 0.3 is 0 Å². The fourth-order valence-corrected chi connectivity index (χ4v) is 1.94. The Kier molecular flexibility index (Phi) is 5.91. The molecule has 0 atom stereocenters. The molecule has 2 N–H and O–H groups in total. The summed E-state index contributed by atoms with van der Waals surface area (Å²) in [6.45, 7) is 3.73. The second-order valence-electron chi connectivity index (χ2n) is 5.05. The average molecular weight is 299 g/mol. The number of rotatable bonds is 7. The molecule has 0 aliphatic carbocycles. The van der Waals surface area contributed by atoms with Crippen LogP contribution in [0.2, 0.25) is 0 Å². The summed E-state index contributed by atoms with van der Waals surface area (Å²) in [6.07, 6.45) is 3.26. The van der Waals surface area contributed by atoms with Crippen LogP contribution in [0.25, 0.3) is 0 Å². The van der Waals surface area contributed by atoms with Crippen molar-refractivity contribution in [1.29, 1.82) is 0 Å². The molecule has 1 amide bonds. The van der Waals surface area contributed by atoms with Crippen molar-refractivity contribution in [3.8, 4) is 0 Å². The van der Waals surface area contributed by atoms with Gasteiger partial charge in [-0.2, -0.15) is 0 Å². The van der Waals surface area contributed by atoms with Crippen LogP contribution >= 0.6 is 0 Å². The normalized spacial score (nSPS) is 10.3. The van der Waals surface area contributed by atoms with Gasteiger partial charge in [0, 0.05) is 32.6 Å². The molecule has 0 aliphatic heterocycles. The first-order valence-electron chi connectivity index (χ1n) is 7.20. The number of amides is 1. The number of aryl methyl sites for hydroxylation is 1. The molecule has 116 valence electrons. The van der Waals surface area contributed by atoms with Crippen LogP contribution in [0.15, 0.2) is 42.7 Å². The number of ether oxygens (including phenoxy) is 1. The van der Waals surface area contributed by atoms with E-state index >= 15 is 0 Å². The number of pyridine rings is 1. The van der Waals surface area contributed by atoms with E-state index in [0.717, 1.165) is 5.69 Å². The molecular weight excluding hydrogens is 278 g/mol. The van der Waals surface area contributed by atoms with E-state index in [4.69, 9.17) is 4.74 Å². The number of carbonyl (C=O) groups is 1. The minimum atomic E-state index is -0.150. The third-order valence-electron chi connectivity index (χ3n) is 3.21. The lowest BCUT2D eigenvalue weighted by molar-refractivity contribution is 0.0937. The number of anilines is 1. The molecule has 0 saturated carbocycles. The van der Waals surface area contributed by atoms with Gasteiger partial charge in [-0.15, -0.1) is 0 Å². The van der Waals surface area contributed by atoms with Crippen LogP contribution in [-0.4, -0.2) is 31.2 Å². The van der Waals surface area contributed by atoms with E-state index in [1.807, 2.05) is 0 Å². The summed E-state index contributed by atoms with van der Waals surface area (Å²) in [4.78, 5) is 16.1. The van der Waals surface area contributed by atoms with Crippen molar-refractivity contribution in [2.45, 2.75) is 13.5 Å². The second kappa shape index (κ2) is 8.14. The first kappa shape index (κ1) is 16.0. The van der Waals surface area contributed by atoms with Gasteiger partial charge in [0.25, 0.3) is 5.91 Å². The first-order valence-corrected chi connectivity index (χ1v) is 7.20. The highest BCUT2D eigenvalue weighted by molar-refractivity contribution is 5.94. The molecule has 0 spiro atoms. The van der Waals surface area contributed by atoms with Crippen molar-refractivity contribution in [2.24, 2.45) is 0 Å². The molecule has 1 aromatic heterocycles. The smallest absolute Gasteiger partial charge is 0.253 e. The van der Waals surface area contributed by atoms with Gasteiger partial charge in [-0.05, 0) is 18.6 Å². The van der Waals surface area contributed by atoms with Crippen LogP contribution in [0.3, 0.4) is 0 Å². The highest BCUT2D eigenvalue weighted by atomic mass is 16.5. The van der Waals surface area contributed by atoms with Gasteiger partial charge in [0.05, 0.1) is 17.9 Å². The SMILES string of the molecule is COCCNC(=O)c1cncc(NCc2ccc(C)cc2)c1. The lowest BCUT2D eigenvalue weighted by Gasteiger charge is -2.09. The summed E-state index contributed by atoms with van der Waals surface area (Å²) < 4.78 is 4.91. The summed E-state index contributed by atoms with van der Waals surface area (Å²) in [5, 5.41) is 6.05. The third kappa shape index (κ3) is 4.86. The zero-order valence-electron chi connectivity index (χ0n) is 12.9. The Balaban J connectivity index is 1.93. The minimum Gasteiger partial charge on any atom is -0.383 e. The molecule has 22 heavy (non-hydrogen) atoms. The molecule has 0 radical (unpaired) electrons. The van der Waals surface area contributed by atoms with Crippen LogP contribution in [-0.2, 0) is 11.3 Å². The number of aromatic nitrogens is 1. The van der Waals surface area contributed by atoms with Crippen molar-refractivity contribution >= 4 is 11.6 Å². The monoisotopic (exact) mass is 299 g/mol. The van der Waals surface area contributed by atoms with Gasteiger partial charge < -0.3 is 15.4 Å². The van der Waals surface area contributed by atoms with E-state index in [0.29, 0.717) is 25.3 Å². The van der Waals surface area contributed by atoms with Crippen molar-refractivity contribution in [3.05, 3.63) is 59.4 Å². The maximum absolute atomic E-state index is 11.9. The Morgan fingerprint density at radius 3 is 2.73 bits per heavy atom. The molecule has 2 rings (SSSR count). The van der Waals surface area contributed by atoms with Crippen molar-refractivity contribution in [3.63, 3.8) is 0 Å². The maximum atomic E-state index is 11.9. The number of nitrogens with zero attached hydrogens (tertiary/aromatic N) is 1. The van der Waals surface area contributed by atoms with Gasteiger partial charge in [-0.1, -0.05) is 29.8 Å². The number of carbonyl (C=O) groups excluding carboxylic acids is 1. The Labute approximate surface area is 130 Å². The summed E-state index contributed by atoms with van der Waals surface area (Å²) in [6, 6.07) is 10.1. The van der Waals surface area contributed by atoms with Gasteiger partial charge in [0.2, 0.25) is 0 Å². The number of methoxy groups -OCH3 is 1. The average Bonchev–Trinajstić information content (AvgIpc) is 2.55. The topological polar surface area (TPSA) is 63.2 Å². The highest BCUT2D eigenvalue weighted by Gasteiger charge is 2.06. The van der Waals surface area contributed by atoms with Gasteiger partial charge in [-0.3, -0.25) is 9.78 Å². The molecule has 0 fully saturated rings. The summed E-state index contributed by atoms with van der Waals surface area (Å²) in [5.41, 5.74) is 3.77. The Morgan fingerprint density at radius 2 is 2.00 bits per heavy atom. The number of nitrogens with one attached hydrogen (secondary N) is 2. The van der Waals surface area contributed by atoms with E-state index < -0.39 is 0 Å². The van der Waals surface area contributed by atoms with Crippen LogP contribution < -0.4 is 10.6 Å². The van der Waals surface area contributed by atoms with Gasteiger partial charge in [0.15, 0.2) is 0 Å². The van der Waals surface area contributed by atoms with E-state index in [1.165, 1.54) is 11.1 Å². The van der Waals surface area contributed by atoms with E-state index in [2.05, 4.69) is 46.8 Å². The molecule has 0 saturated heterocycles. The van der Waals surface area contributed by atoms with Gasteiger partial charge in [-0.25, -0.2) is 0 Å². The summed E-state index contributed by atoms with van der Waals surface area (Å²) in [5.74, 6) is -0.150. The zero-order valence-corrected chi connectivity index (χ0v) is 12.9. The second-order valence-corrected chi connectivity index (χ2v) is 5.05. The van der Waals surface area contributed by atoms with E-state index in [9.17, 15) is 4.79 Å². The molecule has 0 aliphatic rings. The Hall–Kier alpha value is -2.40. The van der Waals surface area contributed by atoms with E-state index in [-0.39, 0.29) is 5.91 Å². The lowest BCUT2D eigenvalue weighted by atomic mass is 10.1. The maximum Gasteiger partial charge on any atom is 0.253 e. The first-order chi connectivity index (χ1) is 10.7. The van der Waals surface area contributed by atoms with Crippen LogP contribution in [0.1, 0.15) is 21.5 Å². The van der Waals surface area contributed by atoms with Crippen molar-refractivity contribution < 1.29 is 9.53 Å². The lowest BCUT2D eigenvalue weighted by Crippen LogP contribution is -2.27. The quantitative estimate of drug-likeness (QED) is 0.771. The molecule has 1 aromatic carbocycles. The number of benzene rings is 1. The standard InChI is InChI=1S/C17H21N3O2/c1-13-3-5-14(6-4-13)10-20-16-9-15(11-18-12-16)17(21)19-7-8-22-2/h3-6,9,11-12,20H,7-8,10H2,1-2H3,(H,19,21). The third-order valence-corrected chi connectivity index (χ3v) is 3.21. The summed E-state index contributed by atoms with van der Waals surface area (Å²) >= 11 is 0. The minimum absolute atomic E-state index is 0.150.